The molecule has 0 fully saturated rings. The minimum absolute atomic E-state index is 0.0873. The molecule has 2 nitrogen and oxygen atoms in total. The molecule has 150 valence electrons. The second-order valence-electron chi connectivity index (χ2n) is 8.72. The molecule has 0 radical (unpaired) electrons. The van der Waals surface area contributed by atoms with Crippen LogP contribution in [0.4, 0.5) is 0 Å². The normalized spacial score (nSPS) is 14.1. The minimum Gasteiger partial charge on any atom is -0.408 e. The molecule has 2 N–H and O–H groups in total. The molecule has 2 atom stereocenters. The van der Waals surface area contributed by atoms with Crippen LogP contribution in [0.5, 0.6) is 0 Å². The Bertz CT molecular complexity index is 800. The van der Waals surface area contributed by atoms with E-state index in [0.717, 1.165) is 28.4 Å². The van der Waals surface area contributed by atoms with Crippen molar-refractivity contribution in [1.29, 1.82) is 0 Å². The van der Waals surface area contributed by atoms with Gasteiger partial charge in [-0.1, -0.05) is 78.9 Å². The van der Waals surface area contributed by atoms with E-state index in [1.54, 1.807) is 0 Å². The maximum absolute atomic E-state index is 6.74. The lowest BCUT2D eigenvalue weighted by Gasteiger charge is -2.41. The molecule has 0 spiro atoms. The van der Waals surface area contributed by atoms with Gasteiger partial charge >= 0.3 is 0 Å². The van der Waals surface area contributed by atoms with E-state index in [1.807, 2.05) is 30.3 Å². The fourth-order valence-corrected chi connectivity index (χ4v) is 4.19. The number of rotatable bonds is 6. The van der Waals surface area contributed by atoms with Gasteiger partial charge in [0.1, 0.15) is 0 Å². The van der Waals surface area contributed by atoms with Gasteiger partial charge in [-0.2, -0.15) is 0 Å². The van der Waals surface area contributed by atoms with E-state index < -0.39 is 8.32 Å². The van der Waals surface area contributed by atoms with Crippen LogP contribution in [-0.4, -0.2) is 14.4 Å². The van der Waals surface area contributed by atoms with Crippen molar-refractivity contribution in [3.63, 3.8) is 0 Å². The van der Waals surface area contributed by atoms with Crippen LogP contribution in [0.15, 0.2) is 59.1 Å². The maximum Gasteiger partial charge on any atom is 0.192 e. The highest BCUT2D eigenvalue weighted by Crippen LogP contribution is 2.40. The molecule has 0 saturated carbocycles. The van der Waals surface area contributed by atoms with E-state index in [2.05, 4.69) is 85.9 Å². The van der Waals surface area contributed by atoms with Crippen molar-refractivity contribution in [2.24, 2.45) is 5.73 Å². The highest BCUT2D eigenvalue weighted by molar-refractivity contribution is 9.10. The molecule has 0 amide bonds. The van der Waals surface area contributed by atoms with Crippen molar-refractivity contribution < 1.29 is 4.43 Å². The molecule has 0 bridgehead atoms. The second-order valence-corrected chi connectivity index (χ2v) is 14.4. The first-order chi connectivity index (χ1) is 13.1. The Labute approximate surface area is 180 Å². The van der Waals surface area contributed by atoms with Crippen LogP contribution in [0.25, 0.3) is 0 Å². The van der Waals surface area contributed by atoms with Crippen molar-refractivity contribution in [2.75, 3.05) is 0 Å². The fraction of sp³-hybridized carbons (Fsp3) is 0.417. The van der Waals surface area contributed by atoms with Crippen molar-refractivity contribution in [1.82, 2.24) is 0 Å². The number of benzene rings is 2. The summed E-state index contributed by atoms with van der Waals surface area (Å²) in [7, 11) is -1.94. The zero-order chi connectivity index (χ0) is 20.8. The van der Waals surface area contributed by atoms with Crippen molar-refractivity contribution in [2.45, 2.75) is 63.9 Å². The monoisotopic (exact) mass is 457 g/mol. The Balaban J connectivity index is 2.09. The van der Waals surface area contributed by atoms with Crippen molar-refractivity contribution in [3.05, 3.63) is 70.2 Å². The van der Waals surface area contributed by atoms with Crippen molar-refractivity contribution in [3.8, 4) is 11.8 Å². The highest BCUT2D eigenvalue weighted by Gasteiger charge is 2.40. The predicted molar refractivity (Wildman–Crippen MR) is 126 cm³/mol. The van der Waals surface area contributed by atoms with Gasteiger partial charge in [-0.25, -0.2) is 0 Å². The third-order valence-electron chi connectivity index (χ3n) is 5.42. The SMILES string of the molecule is CC(C)(C)[Si](C)(C)O[C@H](c1ccccc1)[C@H](N)CCC#Cc1ccc(Br)cc1. The van der Waals surface area contributed by atoms with Gasteiger partial charge in [-0.05, 0) is 54.4 Å². The molecule has 28 heavy (non-hydrogen) atoms. The molecule has 4 heteroatoms. The second kappa shape index (κ2) is 9.89. The average Bonchev–Trinajstić information content (AvgIpc) is 2.64. The lowest BCUT2D eigenvalue weighted by Crippen LogP contribution is -2.45. The first kappa shape index (κ1) is 22.9. The fourth-order valence-electron chi connectivity index (χ4n) is 2.63. The number of nitrogens with two attached hydrogens (primary N) is 1. The summed E-state index contributed by atoms with van der Waals surface area (Å²) in [5.74, 6) is 6.48. The van der Waals surface area contributed by atoms with Crippen LogP contribution in [-0.2, 0) is 4.43 Å². The van der Waals surface area contributed by atoms with Crippen LogP contribution < -0.4 is 5.73 Å². The first-order valence-electron chi connectivity index (χ1n) is 9.83. The summed E-state index contributed by atoms with van der Waals surface area (Å²) in [5.41, 5.74) is 8.80. The molecule has 0 saturated heterocycles. The van der Waals surface area contributed by atoms with E-state index >= 15 is 0 Å². The van der Waals surface area contributed by atoms with E-state index in [4.69, 9.17) is 10.2 Å². The molecule has 0 aromatic heterocycles. The Hall–Kier alpha value is -1.38. The van der Waals surface area contributed by atoms with E-state index in [1.165, 1.54) is 0 Å². The summed E-state index contributed by atoms with van der Waals surface area (Å²) >= 11 is 3.45. The van der Waals surface area contributed by atoms with Crippen LogP contribution in [0.3, 0.4) is 0 Å². The lowest BCUT2D eigenvalue weighted by atomic mass is 9.99. The molecule has 0 aliphatic carbocycles. The summed E-state index contributed by atoms with van der Waals surface area (Å²) in [4.78, 5) is 0. The molecule has 2 aromatic carbocycles. The summed E-state index contributed by atoms with van der Waals surface area (Å²) in [6.07, 6.45) is 1.45. The summed E-state index contributed by atoms with van der Waals surface area (Å²) < 4.78 is 7.80. The van der Waals surface area contributed by atoms with E-state index in [0.29, 0.717) is 0 Å². The molecular formula is C24H32BrNOSi. The Morgan fingerprint density at radius 1 is 1.04 bits per heavy atom. The third kappa shape index (κ3) is 6.60. The Kier molecular flexibility index (Phi) is 8.09. The van der Waals surface area contributed by atoms with Crippen LogP contribution in [0.1, 0.15) is 50.8 Å². The van der Waals surface area contributed by atoms with Gasteiger partial charge in [0, 0.05) is 22.5 Å². The van der Waals surface area contributed by atoms with Crippen molar-refractivity contribution >= 4 is 24.2 Å². The van der Waals surface area contributed by atoms with Gasteiger partial charge in [-0.15, -0.1) is 0 Å². The molecule has 0 aliphatic rings. The van der Waals surface area contributed by atoms with Gasteiger partial charge in [0.05, 0.1) is 6.10 Å². The molecule has 0 unspecified atom stereocenters. The quantitative estimate of drug-likeness (QED) is 0.388. The highest BCUT2D eigenvalue weighted by atomic mass is 79.9. The van der Waals surface area contributed by atoms with Crippen LogP contribution in [0, 0.1) is 11.8 Å². The molecule has 0 heterocycles. The Morgan fingerprint density at radius 3 is 2.21 bits per heavy atom. The first-order valence-corrected chi connectivity index (χ1v) is 13.5. The Morgan fingerprint density at radius 2 is 1.64 bits per heavy atom. The molecule has 2 rings (SSSR count). The summed E-state index contributed by atoms with van der Waals surface area (Å²) in [6.45, 7) is 11.3. The zero-order valence-electron chi connectivity index (χ0n) is 17.6. The lowest BCUT2D eigenvalue weighted by molar-refractivity contribution is 0.150. The van der Waals surface area contributed by atoms with Crippen LogP contribution in [0.2, 0.25) is 18.1 Å². The zero-order valence-corrected chi connectivity index (χ0v) is 20.2. The van der Waals surface area contributed by atoms with Gasteiger partial charge in [0.2, 0.25) is 0 Å². The standard InChI is InChI=1S/C24H32BrNOSi/c1-24(2,3)28(4,5)27-23(20-12-7-6-8-13-20)22(26)14-10-9-11-19-15-17-21(25)18-16-19/h6-8,12-13,15-18,22-23H,10,14,26H2,1-5H3/t22-,23-/m1/s1. The smallest absolute Gasteiger partial charge is 0.192 e. The topological polar surface area (TPSA) is 35.2 Å². The largest absolute Gasteiger partial charge is 0.408 e. The average molecular weight is 459 g/mol. The summed E-state index contributed by atoms with van der Waals surface area (Å²) in [6, 6.07) is 18.3. The van der Waals surface area contributed by atoms with Gasteiger partial charge < -0.3 is 10.2 Å². The molecule has 2 aromatic rings. The minimum atomic E-state index is -1.94. The maximum atomic E-state index is 6.74. The molecular weight excluding hydrogens is 426 g/mol. The van der Waals surface area contributed by atoms with Gasteiger partial charge in [-0.3, -0.25) is 0 Å². The van der Waals surface area contributed by atoms with Crippen LogP contribution >= 0.6 is 15.9 Å². The number of hydrogen-bond acceptors (Lipinski definition) is 2. The third-order valence-corrected chi connectivity index (χ3v) is 10.4. The van der Waals surface area contributed by atoms with E-state index in [9.17, 15) is 0 Å². The predicted octanol–water partition coefficient (Wildman–Crippen LogP) is 6.67. The number of halogens is 1. The summed E-state index contributed by atoms with van der Waals surface area (Å²) in [5, 5.41) is 0.140. The van der Waals surface area contributed by atoms with E-state index in [-0.39, 0.29) is 17.2 Å². The van der Waals surface area contributed by atoms with Gasteiger partial charge in [0.15, 0.2) is 8.32 Å². The molecule has 0 aliphatic heterocycles. The van der Waals surface area contributed by atoms with Gasteiger partial charge in [0.25, 0.3) is 0 Å². The number of hydrogen-bond donors (Lipinski definition) is 1.